The fourth-order valence-electron chi connectivity index (χ4n) is 6.83. The molecule has 2 N–H and O–H groups in total. The third kappa shape index (κ3) is 11.0. The standard InChI is InChI=1S/C47H66N2O4/c1-14-52-42-34(44(2,3)4)25-32(26-35(42)45(5,6)7)20-22-41(51)39-29-33(30-49-39)17-16-24-53-43-36(46(8,9)10)27-31(28-37(43)47(11,12)13)19-21-40(50)38-18-15-23-48-38/h15,18,23,25-30,48-49H,14,16-17,19-22,24H2,1-13H3. The van der Waals surface area contributed by atoms with Crippen molar-refractivity contribution in [3.63, 3.8) is 0 Å². The van der Waals surface area contributed by atoms with E-state index in [4.69, 9.17) is 9.47 Å². The van der Waals surface area contributed by atoms with E-state index in [1.54, 1.807) is 6.20 Å². The Kier molecular flexibility index (Phi) is 13.0. The zero-order chi connectivity index (χ0) is 39.4. The van der Waals surface area contributed by atoms with Crippen molar-refractivity contribution in [2.24, 2.45) is 0 Å². The van der Waals surface area contributed by atoms with Crippen molar-refractivity contribution in [3.8, 4) is 11.5 Å². The fourth-order valence-corrected chi connectivity index (χ4v) is 6.83. The molecule has 6 heteroatoms. The summed E-state index contributed by atoms with van der Waals surface area (Å²) < 4.78 is 12.9. The van der Waals surface area contributed by atoms with Gasteiger partial charge in [0.25, 0.3) is 0 Å². The molecule has 0 aliphatic heterocycles. The third-order valence-electron chi connectivity index (χ3n) is 9.90. The quantitative estimate of drug-likeness (QED) is 0.0945. The van der Waals surface area contributed by atoms with Gasteiger partial charge in [-0.1, -0.05) is 107 Å². The van der Waals surface area contributed by atoms with Gasteiger partial charge in [-0.2, -0.15) is 0 Å². The molecule has 0 radical (unpaired) electrons. The van der Waals surface area contributed by atoms with Gasteiger partial charge in [-0.15, -0.1) is 0 Å². The third-order valence-corrected chi connectivity index (χ3v) is 9.90. The molecule has 0 bridgehead atoms. The highest BCUT2D eigenvalue weighted by molar-refractivity contribution is 5.95. The Balaban J connectivity index is 1.42. The molecule has 2 aromatic carbocycles. The molecule has 2 heterocycles. The number of benzene rings is 2. The summed E-state index contributed by atoms with van der Waals surface area (Å²) in [6.45, 7) is 29.9. The lowest BCUT2D eigenvalue weighted by atomic mass is 9.78. The number of nitrogens with one attached hydrogen (secondary N) is 2. The van der Waals surface area contributed by atoms with Crippen molar-refractivity contribution in [1.29, 1.82) is 0 Å². The fraction of sp³-hybridized carbons (Fsp3) is 0.532. The smallest absolute Gasteiger partial charge is 0.179 e. The van der Waals surface area contributed by atoms with E-state index in [9.17, 15) is 9.59 Å². The Bertz CT molecular complexity index is 1780. The monoisotopic (exact) mass is 723 g/mol. The zero-order valence-corrected chi connectivity index (χ0v) is 35.0. The Morgan fingerprint density at radius 2 is 1.02 bits per heavy atom. The number of H-pyrrole nitrogens is 2. The molecule has 2 aromatic heterocycles. The van der Waals surface area contributed by atoms with Crippen LogP contribution in [0, 0.1) is 0 Å². The number of aromatic nitrogens is 2. The molecule has 0 saturated heterocycles. The van der Waals surface area contributed by atoms with Crippen molar-refractivity contribution >= 4 is 11.6 Å². The molecule has 6 nitrogen and oxygen atoms in total. The van der Waals surface area contributed by atoms with Gasteiger partial charge < -0.3 is 19.4 Å². The van der Waals surface area contributed by atoms with E-state index in [2.05, 4.69) is 117 Å². The number of hydrogen-bond donors (Lipinski definition) is 2. The Hall–Kier alpha value is -4.06. The summed E-state index contributed by atoms with van der Waals surface area (Å²) in [5.41, 5.74) is 9.02. The minimum absolute atomic E-state index is 0.0841. The number of carbonyl (C=O) groups is 2. The van der Waals surface area contributed by atoms with E-state index in [-0.39, 0.29) is 33.2 Å². The van der Waals surface area contributed by atoms with Crippen LogP contribution >= 0.6 is 0 Å². The second-order valence-corrected chi connectivity index (χ2v) is 18.8. The summed E-state index contributed by atoms with van der Waals surface area (Å²) in [5, 5.41) is 0. The zero-order valence-electron chi connectivity index (χ0n) is 35.0. The molecule has 53 heavy (non-hydrogen) atoms. The van der Waals surface area contributed by atoms with Crippen LogP contribution in [-0.2, 0) is 40.9 Å². The van der Waals surface area contributed by atoms with Crippen LogP contribution in [0.1, 0.15) is 169 Å². The van der Waals surface area contributed by atoms with Crippen LogP contribution in [0.4, 0.5) is 0 Å². The summed E-state index contributed by atoms with van der Waals surface area (Å²) in [4.78, 5) is 32.5. The molecule has 0 unspecified atom stereocenters. The molecular weight excluding hydrogens is 657 g/mol. The highest BCUT2D eigenvalue weighted by Crippen LogP contribution is 2.42. The van der Waals surface area contributed by atoms with Gasteiger partial charge in [0.1, 0.15) is 11.5 Å². The average molecular weight is 723 g/mol. The highest BCUT2D eigenvalue weighted by Gasteiger charge is 2.29. The number of ether oxygens (including phenoxy) is 2. The number of Topliss-reactive ketones (excluding diaryl/α,β-unsaturated/α-hetero) is 2. The summed E-state index contributed by atoms with van der Waals surface area (Å²) in [6, 6.07) is 14.6. The topological polar surface area (TPSA) is 84.2 Å². The molecule has 0 spiro atoms. The van der Waals surface area contributed by atoms with Gasteiger partial charge in [-0.05, 0) is 89.2 Å². The van der Waals surface area contributed by atoms with E-state index in [1.807, 2.05) is 31.3 Å². The molecular formula is C47H66N2O4. The van der Waals surface area contributed by atoms with E-state index in [0.29, 0.717) is 50.3 Å². The lowest BCUT2D eigenvalue weighted by molar-refractivity contribution is 0.0970. The molecule has 0 atom stereocenters. The van der Waals surface area contributed by atoms with Gasteiger partial charge in [0.05, 0.1) is 24.6 Å². The van der Waals surface area contributed by atoms with E-state index < -0.39 is 0 Å². The number of ketones is 2. The number of hydrogen-bond acceptors (Lipinski definition) is 4. The maximum Gasteiger partial charge on any atom is 0.179 e. The molecule has 4 rings (SSSR count). The number of aryl methyl sites for hydroxylation is 3. The van der Waals surface area contributed by atoms with Crippen molar-refractivity contribution in [2.75, 3.05) is 13.2 Å². The lowest BCUT2D eigenvalue weighted by Crippen LogP contribution is -2.21. The van der Waals surface area contributed by atoms with Crippen LogP contribution in [0.3, 0.4) is 0 Å². The largest absolute Gasteiger partial charge is 0.493 e. The predicted octanol–water partition coefficient (Wildman–Crippen LogP) is 11.6. The van der Waals surface area contributed by atoms with Crippen molar-refractivity contribution in [1.82, 2.24) is 9.97 Å². The Morgan fingerprint density at radius 1 is 0.566 bits per heavy atom. The first-order chi connectivity index (χ1) is 24.6. The van der Waals surface area contributed by atoms with Crippen LogP contribution in [-0.4, -0.2) is 34.7 Å². The normalized spacial score (nSPS) is 12.6. The first-order valence-corrected chi connectivity index (χ1v) is 19.6. The van der Waals surface area contributed by atoms with Gasteiger partial charge >= 0.3 is 0 Å². The van der Waals surface area contributed by atoms with Gasteiger partial charge in [-0.25, -0.2) is 0 Å². The van der Waals surface area contributed by atoms with Crippen LogP contribution < -0.4 is 9.47 Å². The molecule has 0 aliphatic rings. The van der Waals surface area contributed by atoms with Crippen molar-refractivity contribution < 1.29 is 19.1 Å². The lowest BCUT2D eigenvalue weighted by Gasteiger charge is -2.31. The predicted molar refractivity (Wildman–Crippen MR) is 220 cm³/mol. The minimum Gasteiger partial charge on any atom is -0.493 e. The minimum atomic E-state index is -0.140. The molecule has 288 valence electrons. The first kappa shape index (κ1) is 41.7. The molecule has 0 saturated carbocycles. The summed E-state index contributed by atoms with van der Waals surface area (Å²) in [6.07, 6.45) is 7.62. The van der Waals surface area contributed by atoms with Gasteiger partial charge in [0.2, 0.25) is 0 Å². The Morgan fingerprint density at radius 3 is 1.43 bits per heavy atom. The second-order valence-electron chi connectivity index (χ2n) is 18.8. The van der Waals surface area contributed by atoms with Crippen LogP contribution in [0.5, 0.6) is 11.5 Å². The summed E-state index contributed by atoms with van der Waals surface area (Å²) in [7, 11) is 0. The average Bonchev–Trinajstić information content (AvgIpc) is 3.76. The summed E-state index contributed by atoms with van der Waals surface area (Å²) >= 11 is 0. The first-order valence-electron chi connectivity index (χ1n) is 19.6. The SMILES string of the molecule is CCOc1c(C(C)(C)C)cc(CCC(=O)c2cc(CCCOc3c(C(C)(C)C)cc(CCC(=O)c4ccc[nH]4)cc3C(C)(C)C)c[nH]2)cc1C(C)(C)C. The maximum absolute atomic E-state index is 13.4. The number of aromatic amines is 2. The van der Waals surface area contributed by atoms with Crippen LogP contribution in [0.25, 0.3) is 0 Å². The molecule has 0 amide bonds. The molecule has 0 aliphatic carbocycles. The van der Waals surface area contributed by atoms with E-state index in [1.165, 1.54) is 27.8 Å². The van der Waals surface area contributed by atoms with E-state index in [0.717, 1.165) is 35.5 Å². The van der Waals surface area contributed by atoms with Gasteiger partial charge in [-0.3, -0.25) is 9.59 Å². The maximum atomic E-state index is 13.4. The van der Waals surface area contributed by atoms with Gasteiger partial charge in [0.15, 0.2) is 11.6 Å². The van der Waals surface area contributed by atoms with Crippen LogP contribution in [0.2, 0.25) is 0 Å². The number of rotatable bonds is 15. The molecule has 0 fully saturated rings. The summed E-state index contributed by atoms with van der Waals surface area (Å²) in [5.74, 6) is 2.18. The van der Waals surface area contributed by atoms with E-state index >= 15 is 0 Å². The van der Waals surface area contributed by atoms with Crippen LogP contribution in [0.15, 0.2) is 54.9 Å². The van der Waals surface area contributed by atoms with Gasteiger partial charge in [0, 0.05) is 47.5 Å². The number of carbonyl (C=O) groups excluding carboxylic acids is 2. The second kappa shape index (κ2) is 16.5. The Labute approximate surface area is 319 Å². The molecule has 4 aromatic rings. The van der Waals surface area contributed by atoms with Crippen molar-refractivity contribution in [3.05, 3.63) is 105 Å². The highest BCUT2D eigenvalue weighted by atomic mass is 16.5. The van der Waals surface area contributed by atoms with Crippen molar-refractivity contribution in [2.45, 2.75) is 150 Å².